The van der Waals surface area contributed by atoms with Crippen LogP contribution in [0.5, 0.6) is 0 Å². The lowest BCUT2D eigenvalue weighted by Crippen LogP contribution is -2.48. The van der Waals surface area contributed by atoms with Crippen molar-refractivity contribution in [3.05, 3.63) is 65.7 Å². The predicted octanol–water partition coefficient (Wildman–Crippen LogP) is 2.87. The van der Waals surface area contributed by atoms with Crippen LogP contribution in [-0.2, 0) is 21.2 Å². The molecule has 4 rings (SSSR count). The fourth-order valence-corrected chi connectivity index (χ4v) is 5.56. The fraction of sp³-hybridized carbons (Fsp3) is 0.440. The molecule has 7 nitrogen and oxygen atoms in total. The molecule has 1 aliphatic carbocycles. The SMILES string of the molecule is O=C(NC(Cc1ccccc1)C(=O)NC1CC1)c1ccc(S(=O)(=O)N2CCCCCC2)cc1. The number of hydrogen-bond donors (Lipinski definition) is 2. The quantitative estimate of drug-likeness (QED) is 0.621. The van der Waals surface area contributed by atoms with Crippen molar-refractivity contribution in [2.24, 2.45) is 0 Å². The molecule has 2 amide bonds. The number of carbonyl (C=O) groups is 2. The van der Waals surface area contributed by atoms with E-state index in [0.717, 1.165) is 44.1 Å². The van der Waals surface area contributed by atoms with Crippen molar-refractivity contribution in [2.75, 3.05) is 13.1 Å². The van der Waals surface area contributed by atoms with E-state index in [2.05, 4.69) is 10.6 Å². The van der Waals surface area contributed by atoms with Crippen molar-refractivity contribution < 1.29 is 18.0 Å². The Morgan fingerprint density at radius 1 is 0.909 bits per heavy atom. The summed E-state index contributed by atoms with van der Waals surface area (Å²) in [6.45, 7) is 1.06. The maximum absolute atomic E-state index is 13.0. The summed E-state index contributed by atoms with van der Waals surface area (Å²) in [6, 6.07) is 15.0. The van der Waals surface area contributed by atoms with Gasteiger partial charge in [-0.1, -0.05) is 43.2 Å². The van der Waals surface area contributed by atoms with Gasteiger partial charge in [0.15, 0.2) is 0 Å². The Morgan fingerprint density at radius 2 is 1.55 bits per heavy atom. The second-order valence-corrected chi connectivity index (χ2v) is 10.8. The molecular weight excluding hydrogens is 438 g/mol. The molecule has 1 aliphatic heterocycles. The van der Waals surface area contributed by atoms with Gasteiger partial charge in [0.05, 0.1) is 4.90 Å². The lowest BCUT2D eigenvalue weighted by atomic mass is 10.0. The minimum absolute atomic E-state index is 0.188. The molecule has 1 unspecified atom stereocenters. The lowest BCUT2D eigenvalue weighted by Gasteiger charge is -2.20. The van der Waals surface area contributed by atoms with Crippen LogP contribution in [-0.4, -0.2) is 49.7 Å². The van der Waals surface area contributed by atoms with Crippen molar-refractivity contribution >= 4 is 21.8 Å². The first-order valence-electron chi connectivity index (χ1n) is 11.7. The summed E-state index contributed by atoms with van der Waals surface area (Å²) in [6.07, 6.45) is 6.13. The number of amides is 2. The third kappa shape index (κ3) is 6.21. The lowest BCUT2D eigenvalue weighted by molar-refractivity contribution is -0.123. The van der Waals surface area contributed by atoms with E-state index in [4.69, 9.17) is 0 Å². The monoisotopic (exact) mass is 469 g/mol. The first-order chi connectivity index (χ1) is 15.9. The number of nitrogens with zero attached hydrogens (tertiary/aromatic N) is 1. The van der Waals surface area contributed by atoms with Crippen molar-refractivity contribution in [1.82, 2.24) is 14.9 Å². The van der Waals surface area contributed by atoms with Crippen LogP contribution in [0.25, 0.3) is 0 Å². The van der Waals surface area contributed by atoms with Gasteiger partial charge in [0, 0.05) is 31.1 Å². The smallest absolute Gasteiger partial charge is 0.251 e. The minimum Gasteiger partial charge on any atom is -0.352 e. The number of rotatable bonds is 8. The van der Waals surface area contributed by atoms with Gasteiger partial charge in [-0.05, 0) is 55.5 Å². The van der Waals surface area contributed by atoms with Gasteiger partial charge in [0.25, 0.3) is 5.91 Å². The average molecular weight is 470 g/mol. The third-order valence-electron chi connectivity index (χ3n) is 6.15. The van der Waals surface area contributed by atoms with Gasteiger partial charge >= 0.3 is 0 Å². The first kappa shape index (κ1) is 23.4. The summed E-state index contributed by atoms with van der Waals surface area (Å²) in [4.78, 5) is 25.8. The molecule has 2 aromatic carbocycles. The molecule has 2 aromatic rings. The Balaban J connectivity index is 1.45. The van der Waals surface area contributed by atoms with Crippen molar-refractivity contribution in [3.63, 3.8) is 0 Å². The summed E-state index contributed by atoms with van der Waals surface area (Å²) in [5.74, 6) is -0.601. The molecule has 2 fully saturated rings. The van der Waals surface area contributed by atoms with Crippen LogP contribution >= 0.6 is 0 Å². The number of hydrogen-bond acceptors (Lipinski definition) is 4. The highest BCUT2D eigenvalue weighted by Crippen LogP contribution is 2.21. The van der Waals surface area contributed by atoms with Crippen LogP contribution in [0.1, 0.15) is 54.4 Å². The molecule has 0 radical (unpaired) electrons. The normalized spacial score (nSPS) is 18.2. The highest BCUT2D eigenvalue weighted by Gasteiger charge is 2.29. The largest absolute Gasteiger partial charge is 0.352 e. The molecule has 8 heteroatoms. The Labute approximate surface area is 195 Å². The average Bonchev–Trinajstić information content (AvgIpc) is 3.66. The summed E-state index contributed by atoms with van der Waals surface area (Å²) in [5.41, 5.74) is 1.27. The maximum Gasteiger partial charge on any atom is 0.251 e. The van der Waals surface area contributed by atoms with Gasteiger partial charge in [-0.25, -0.2) is 8.42 Å². The zero-order chi connectivity index (χ0) is 23.3. The minimum atomic E-state index is -3.57. The molecule has 2 N–H and O–H groups in total. The van der Waals surface area contributed by atoms with Crippen LogP contribution in [0.3, 0.4) is 0 Å². The Morgan fingerprint density at radius 3 is 2.15 bits per heavy atom. The number of nitrogens with one attached hydrogen (secondary N) is 2. The van der Waals surface area contributed by atoms with Gasteiger partial charge < -0.3 is 10.6 Å². The molecule has 1 saturated heterocycles. The van der Waals surface area contributed by atoms with Crippen LogP contribution < -0.4 is 10.6 Å². The predicted molar refractivity (Wildman–Crippen MR) is 126 cm³/mol. The van der Waals surface area contributed by atoms with Crippen LogP contribution in [0.2, 0.25) is 0 Å². The summed E-state index contributed by atoms with van der Waals surface area (Å²) in [7, 11) is -3.57. The second-order valence-electron chi connectivity index (χ2n) is 8.84. The summed E-state index contributed by atoms with van der Waals surface area (Å²) < 4.78 is 27.5. The molecule has 33 heavy (non-hydrogen) atoms. The first-order valence-corrected chi connectivity index (χ1v) is 13.1. The van der Waals surface area contributed by atoms with Crippen LogP contribution in [0, 0.1) is 0 Å². The van der Waals surface area contributed by atoms with Crippen LogP contribution in [0.4, 0.5) is 0 Å². The fourth-order valence-electron chi connectivity index (χ4n) is 4.04. The molecule has 0 spiro atoms. The standard InChI is InChI=1S/C25H31N3O4S/c29-24(27-23(25(30)26-21-12-13-21)18-19-8-4-3-5-9-19)20-10-14-22(15-11-20)33(31,32)28-16-6-1-2-7-17-28/h3-5,8-11,14-15,21,23H,1-2,6-7,12-13,16-18H2,(H,26,30)(H,27,29). The molecule has 1 atom stereocenters. The third-order valence-corrected chi connectivity index (χ3v) is 8.06. The van der Waals surface area contributed by atoms with Crippen molar-refractivity contribution in [1.29, 1.82) is 0 Å². The Hall–Kier alpha value is -2.71. The molecule has 0 aromatic heterocycles. The maximum atomic E-state index is 13.0. The molecule has 176 valence electrons. The highest BCUT2D eigenvalue weighted by atomic mass is 32.2. The van der Waals surface area contributed by atoms with E-state index in [0.29, 0.717) is 25.1 Å². The summed E-state index contributed by atoms with van der Waals surface area (Å²) in [5, 5.41) is 5.80. The molecule has 2 aliphatic rings. The molecule has 1 heterocycles. The van der Waals surface area contributed by atoms with E-state index >= 15 is 0 Å². The van der Waals surface area contributed by atoms with Gasteiger partial charge in [-0.3, -0.25) is 9.59 Å². The van der Waals surface area contributed by atoms with Crippen molar-refractivity contribution in [3.8, 4) is 0 Å². The zero-order valence-electron chi connectivity index (χ0n) is 18.7. The van der Waals surface area contributed by atoms with Gasteiger partial charge in [0.2, 0.25) is 15.9 Å². The Kier molecular flexibility index (Phi) is 7.45. The number of benzene rings is 2. The number of sulfonamides is 1. The molecular formula is C25H31N3O4S. The molecule has 0 bridgehead atoms. The van der Waals surface area contributed by atoms with E-state index in [9.17, 15) is 18.0 Å². The van der Waals surface area contributed by atoms with Gasteiger partial charge in [-0.2, -0.15) is 4.31 Å². The van der Waals surface area contributed by atoms with Crippen LogP contribution in [0.15, 0.2) is 59.5 Å². The van der Waals surface area contributed by atoms with E-state index in [1.807, 2.05) is 30.3 Å². The van der Waals surface area contributed by atoms with E-state index in [-0.39, 0.29) is 16.8 Å². The van der Waals surface area contributed by atoms with E-state index in [1.165, 1.54) is 28.6 Å². The van der Waals surface area contributed by atoms with Gasteiger partial charge in [0.1, 0.15) is 6.04 Å². The topological polar surface area (TPSA) is 95.6 Å². The van der Waals surface area contributed by atoms with E-state index < -0.39 is 22.0 Å². The number of carbonyl (C=O) groups excluding carboxylic acids is 2. The summed E-state index contributed by atoms with van der Waals surface area (Å²) >= 11 is 0. The highest BCUT2D eigenvalue weighted by molar-refractivity contribution is 7.89. The second kappa shape index (κ2) is 10.5. The van der Waals surface area contributed by atoms with E-state index in [1.54, 1.807) is 0 Å². The molecule has 1 saturated carbocycles. The van der Waals surface area contributed by atoms with Crippen molar-refractivity contribution in [2.45, 2.75) is 61.9 Å². The Bertz CT molecular complexity index is 1060. The van der Waals surface area contributed by atoms with Gasteiger partial charge in [-0.15, -0.1) is 0 Å². The zero-order valence-corrected chi connectivity index (χ0v) is 19.5.